The Kier molecular flexibility index (Phi) is 5.84. The van der Waals surface area contributed by atoms with Gasteiger partial charge < -0.3 is 19.8 Å². The highest BCUT2D eigenvalue weighted by atomic mass is 35.5. The second-order valence-corrected chi connectivity index (χ2v) is 5.07. The Morgan fingerprint density at radius 1 is 1.43 bits per heavy atom. The molecular formula is C14H18ClNO5. The number of benzene rings is 1. The number of phenols is 1. The zero-order valence-corrected chi connectivity index (χ0v) is 12.8. The van der Waals surface area contributed by atoms with E-state index in [1.54, 1.807) is 6.92 Å². The number of carboxylic acids is 1. The number of phenolic OH excluding ortho intramolecular Hbond substituents is 1. The van der Waals surface area contributed by atoms with Gasteiger partial charge in [-0.25, -0.2) is 0 Å². The van der Waals surface area contributed by atoms with Gasteiger partial charge in [-0.1, -0.05) is 18.5 Å². The normalized spacial score (nSPS) is 11.8. The van der Waals surface area contributed by atoms with Crippen molar-refractivity contribution in [2.45, 2.75) is 13.8 Å². The molecule has 21 heavy (non-hydrogen) atoms. The van der Waals surface area contributed by atoms with Crippen molar-refractivity contribution in [3.05, 3.63) is 22.7 Å². The van der Waals surface area contributed by atoms with Crippen molar-refractivity contribution in [2.75, 3.05) is 20.2 Å². The average Bonchev–Trinajstić information content (AvgIpc) is 2.42. The molecule has 0 aliphatic heterocycles. The first-order valence-electron chi connectivity index (χ1n) is 6.41. The third-order valence-electron chi connectivity index (χ3n) is 2.89. The molecule has 1 aromatic carbocycles. The van der Waals surface area contributed by atoms with Gasteiger partial charge >= 0.3 is 5.97 Å². The number of halogens is 1. The van der Waals surface area contributed by atoms with E-state index in [1.807, 2.05) is 0 Å². The zero-order valence-electron chi connectivity index (χ0n) is 12.1. The summed E-state index contributed by atoms with van der Waals surface area (Å²) in [5.74, 6) is -2.16. The molecular weight excluding hydrogens is 298 g/mol. The Balaban J connectivity index is 2.99. The van der Waals surface area contributed by atoms with Gasteiger partial charge in [0.1, 0.15) is 0 Å². The smallest absolute Gasteiger partial charge is 0.308 e. The number of carboxylic acid groups (broad SMARTS) is 1. The number of aromatic hydroxyl groups is 1. The highest BCUT2D eigenvalue weighted by molar-refractivity contribution is 6.32. The predicted molar refractivity (Wildman–Crippen MR) is 78.0 cm³/mol. The highest BCUT2D eigenvalue weighted by Crippen LogP contribution is 2.35. The van der Waals surface area contributed by atoms with Gasteiger partial charge in [0.05, 0.1) is 17.5 Å². The van der Waals surface area contributed by atoms with E-state index in [2.05, 4.69) is 0 Å². The largest absolute Gasteiger partial charge is 0.503 e. The summed E-state index contributed by atoms with van der Waals surface area (Å²) >= 11 is 5.86. The van der Waals surface area contributed by atoms with Crippen molar-refractivity contribution in [2.24, 2.45) is 5.92 Å². The molecule has 1 amide bonds. The third-order valence-corrected chi connectivity index (χ3v) is 3.18. The molecule has 1 rings (SSSR count). The number of aliphatic carboxylic acids is 1. The van der Waals surface area contributed by atoms with Gasteiger partial charge in [-0.2, -0.15) is 0 Å². The number of carbonyl (C=O) groups excluding carboxylic acids is 1. The second-order valence-electron chi connectivity index (χ2n) is 4.66. The second kappa shape index (κ2) is 7.17. The van der Waals surface area contributed by atoms with E-state index in [0.717, 1.165) is 0 Å². The first kappa shape index (κ1) is 17.1. The SMILES string of the molecule is CCOc1cc(C(=O)N(C)CC(C)C(=O)O)cc(Cl)c1O. The molecule has 0 bridgehead atoms. The molecule has 6 nitrogen and oxygen atoms in total. The van der Waals surface area contributed by atoms with Crippen LogP contribution in [0.2, 0.25) is 5.02 Å². The van der Waals surface area contributed by atoms with Crippen LogP contribution in [0.1, 0.15) is 24.2 Å². The lowest BCUT2D eigenvalue weighted by Crippen LogP contribution is -2.33. The number of hydrogen-bond donors (Lipinski definition) is 2. The standard InChI is InChI=1S/C14H18ClNO5/c1-4-21-11-6-9(5-10(15)12(11)17)13(18)16(3)7-8(2)14(19)20/h5-6,8,17H,4,7H2,1-3H3,(H,19,20). The Morgan fingerprint density at radius 3 is 2.57 bits per heavy atom. The summed E-state index contributed by atoms with van der Waals surface area (Å²) in [4.78, 5) is 24.4. The van der Waals surface area contributed by atoms with Crippen molar-refractivity contribution in [1.82, 2.24) is 4.90 Å². The van der Waals surface area contributed by atoms with Crippen LogP contribution in [0.4, 0.5) is 0 Å². The van der Waals surface area contributed by atoms with Gasteiger partial charge in [0.15, 0.2) is 11.5 Å². The van der Waals surface area contributed by atoms with Crippen LogP contribution in [0.15, 0.2) is 12.1 Å². The minimum atomic E-state index is -0.978. The molecule has 2 N–H and O–H groups in total. The lowest BCUT2D eigenvalue weighted by atomic mass is 10.1. The van der Waals surface area contributed by atoms with Crippen molar-refractivity contribution in [3.8, 4) is 11.5 Å². The molecule has 0 spiro atoms. The van der Waals surface area contributed by atoms with E-state index >= 15 is 0 Å². The van der Waals surface area contributed by atoms with E-state index in [9.17, 15) is 14.7 Å². The first-order chi connectivity index (χ1) is 9.77. The fourth-order valence-corrected chi connectivity index (χ4v) is 1.97. The molecule has 0 radical (unpaired) electrons. The fraction of sp³-hybridized carbons (Fsp3) is 0.429. The van der Waals surface area contributed by atoms with E-state index in [1.165, 1.54) is 31.0 Å². The maximum atomic E-state index is 12.3. The maximum absolute atomic E-state index is 12.3. The Bertz CT molecular complexity index is 546. The van der Waals surface area contributed by atoms with Crippen molar-refractivity contribution >= 4 is 23.5 Å². The van der Waals surface area contributed by atoms with E-state index < -0.39 is 17.8 Å². The molecule has 0 heterocycles. The third kappa shape index (κ3) is 4.26. The molecule has 0 aliphatic rings. The molecule has 0 fully saturated rings. The number of hydrogen-bond acceptors (Lipinski definition) is 4. The fourth-order valence-electron chi connectivity index (χ4n) is 1.76. The molecule has 1 unspecified atom stereocenters. The molecule has 1 atom stereocenters. The van der Waals surface area contributed by atoms with Gasteiger partial charge in [-0.05, 0) is 19.1 Å². The number of ether oxygens (including phenoxy) is 1. The van der Waals surface area contributed by atoms with Gasteiger partial charge in [-0.15, -0.1) is 0 Å². The van der Waals surface area contributed by atoms with Crippen LogP contribution in [0, 0.1) is 5.92 Å². The summed E-state index contributed by atoms with van der Waals surface area (Å²) in [5, 5.41) is 18.6. The summed E-state index contributed by atoms with van der Waals surface area (Å²) in [6.07, 6.45) is 0. The van der Waals surface area contributed by atoms with Crippen LogP contribution in [0.25, 0.3) is 0 Å². The zero-order chi connectivity index (χ0) is 16.2. The predicted octanol–water partition coefficient (Wildman–Crippen LogP) is 2.24. The Hall–Kier alpha value is -1.95. The minimum absolute atomic E-state index is 0.00369. The van der Waals surface area contributed by atoms with Gasteiger partial charge in [0.2, 0.25) is 0 Å². The molecule has 116 valence electrons. The van der Waals surface area contributed by atoms with Gasteiger partial charge in [0, 0.05) is 19.2 Å². The molecule has 0 aromatic heterocycles. The van der Waals surface area contributed by atoms with E-state index in [-0.39, 0.29) is 28.6 Å². The van der Waals surface area contributed by atoms with Crippen LogP contribution in [0.3, 0.4) is 0 Å². The Labute approximate surface area is 127 Å². The summed E-state index contributed by atoms with van der Waals surface area (Å²) in [7, 11) is 1.50. The minimum Gasteiger partial charge on any atom is -0.503 e. The highest BCUT2D eigenvalue weighted by Gasteiger charge is 2.21. The summed E-state index contributed by atoms with van der Waals surface area (Å²) in [6.45, 7) is 3.63. The molecule has 0 saturated carbocycles. The summed E-state index contributed by atoms with van der Waals surface area (Å²) in [5.41, 5.74) is 0.223. The summed E-state index contributed by atoms with van der Waals surface area (Å²) < 4.78 is 5.21. The van der Waals surface area contributed by atoms with Gasteiger partial charge in [0.25, 0.3) is 5.91 Å². The van der Waals surface area contributed by atoms with Crippen molar-refractivity contribution in [3.63, 3.8) is 0 Å². The topological polar surface area (TPSA) is 87.1 Å². The van der Waals surface area contributed by atoms with Gasteiger partial charge in [-0.3, -0.25) is 9.59 Å². The van der Waals surface area contributed by atoms with Crippen LogP contribution in [-0.2, 0) is 4.79 Å². The first-order valence-corrected chi connectivity index (χ1v) is 6.79. The van der Waals surface area contributed by atoms with Crippen LogP contribution >= 0.6 is 11.6 Å². The molecule has 0 saturated heterocycles. The number of nitrogens with zero attached hydrogens (tertiary/aromatic N) is 1. The molecule has 1 aromatic rings. The monoisotopic (exact) mass is 315 g/mol. The lowest BCUT2D eigenvalue weighted by Gasteiger charge is -2.20. The maximum Gasteiger partial charge on any atom is 0.308 e. The lowest BCUT2D eigenvalue weighted by molar-refractivity contribution is -0.141. The van der Waals surface area contributed by atoms with E-state index in [0.29, 0.717) is 6.61 Å². The number of amides is 1. The summed E-state index contributed by atoms with van der Waals surface area (Å²) in [6, 6.07) is 2.71. The van der Waals surface area contributed by atoms with Crippen LogP contribution < -0.4 is 4.74 Å². The Morgan fingerprint density at radius 2 is 2.05 bits per heavy atom. The van der Waals surface area contributed by atoms with Crippen LogP contribution in [0.5, 0.6) is 11.5 Å². The average molecular weight is 316 g/mol. The number of carbonyl (C=O) groups is 2. The van der Waals surface area contributed by atoms with E-state index in [4.69, 9.17) is 21.4 Å². The molecule has 0 aliphatic carbocycles. The van der Waals surface area contributed by atoms with Crippen molar-refractivity contribution in [1.29, 1.82) is 0 Å². The quantitative estimate of drug-likeness (QED) is 0.840. The van der Waals surface area contributed by atoms with Crippen molar-refractivity contribution < 1.29 is 24.5 Å². The molecule has 7 heteroatoms. The van der Waals surface area contributed by atoms with Crippen LogP contribution in [-0.4, -0.2) is 47.2 Å². The number of rotatable bonds is 6.